The molecule has 26 heavy (non-hydrogen) atoms. The van der Waals surface area contributed by atoms with Gasteiger partial charge in [-0.15, -0.1) is 0 Å². The number of esters is 1. The second-order valence-corrected chi connectivity index (χ2v) is 8.22. The Morgan fingerprint density at radius 2 is 1.54 bits per heavy atom. The first-order chi connectivity index (χ1) is 12.0. The maximum atomic E-state index is 12.5. The SMILES string of the molecule is CC[C@H]1OC(=O)[C@H](C)[C@@H](O)[C@H](C)[C@@H](O)[C@@H](C)C[C@@H](C)C(=O)C[C@@H](O)[C@H]1C. The maximum absolute atomic E-state index is 12.5. The second kappa shape index (κ2) is 9.81. The molecule has 0 spiro atoms. The fraction of sp³-hybridized carbons (Fsp3) is 0.900. The molecule has 6 nitrogen and oxygen atoms in total. The molecule has 9 atom stereocenters. The van der Waals surface area contributed by atoms with Gasteiger partial charge in [-0.2, -0.15) is 0 Å². The lowest BCUT2D eigenvalue weighted by atomic mass is 9.79. The van der Waals surface area contributed by atoms with E-state index >= 15 is 0 Å². The van der Waals surface area contributed by atoms with Crippen molar-refractivity contribution >= 4 is 11.8 Å². The molecule has 1 saturated heterocycles. The first kappa shape index (κ1) is 23.1. The zero-order valence-corrected chi connectivity index (χ0v) is 16.9. The van der Waals surface area contributed by atoms with Crippen molar-refractivity contribution in [2.24, 2.45) is 29.6 Å². The van der Waals surface area contributed by atoms with Crippen LogP contribution in [0.4, 0.5) is 0 Å². The van der Waals surface area contributed by atoms with Crippen LogP contribution in [0.5, 0.6) is 0 Å². The Morgan fingerprint density at radius 3 is 2.08 bits per heavy atom. The summed E-state index contributed by atoms with van der Waals surface area (Å²) in [4.78, 5) is 24.9. The Bertz CT molecular complexity index is 479. The van der Waals surface area contributed by atoms with Gasteiger partial charge in [-0.1, -0.05) is 34.6 Å². The van der Waals surface area contributed by atoms with E-state index < -0.39 is 42.2 Å². The average Bonchev–Trinajstić information content (AvgIpc) is 2.61. The lowest BCUT2D eigenvalue weighted by molar-refractivity contribution is -0.165. The number of Topliss-reactive ketones (excluding diaryl/α,β-unsaturated/α-hetero) is 1. The molecule has 0 aromatic rings. The predicted molar refractivity (Wildman–Crippen MR) is 98.3 cm³/mol. The van der Waals surface area contributed by atoms with Gasteiger partial charge in [-0.3, -0.25) is 9.59 Å². The van der Waals surface area contributed by atoms with Crippen molar-refractivity contribution in [3.63, 3.8) is 0 Å². The molecule has 1 rings (SSSR count). The second-order valence-electron chi connectivity index (χ2n) is 8.22. The normalized spacial score (nSPS) is 44.3. The van der Waals surface area contributed by atoms with E-state index in [0.717, 1.165) is 0 Å². The molecule has 152 valence electrons. The van der Waals surface area contributed by atoms with Crippen molar-refractivity contribution in [1.29, 1.82) is 0 Å². The van der Waals surface area contributed by atoms with E-state index in [1.54, 1.807) is 27.7 Å². The molecular weight excluding hydrogens is 336 g/mol. The van der Waals surface area contributed by atoms with Crippen molar-refractivity contribution in [1.82, 2.24) is 0 Å². The van der Waals surface area contributed by atoms with Gasteiger partial charge in [-0.25, -0.2) is 0 Å². The third-order valence-corrected chi connectivity index (χ3v) is 6.09. The van der Waals surface area contributed by atoms with Crippen molar-refractivity contribution in [3.05, 3.63) is 0 Å². The molecular formula is C20H36O6. The molecule has 0 bridgehead atoms. The van der Waals surface area contributed by atoms with Crippen LogP contribution in [0.2, 0.25) is 0 Å². The van der Waals surface area contributed by atoms with Crippen LogP contribution in [0, 0.1) is 29.6 Å². The van der Waals surface area contributed by atoms with E-state index in [0.29, 0.717) is 12.8 Å². The minimum atomic E-state index is -1.05. The molecule has 1 aliphatic heterocycles. The number of ether oxygens (including phenoxy) is 1. The van der Waals surface area contributed by atoms with E-state index in [1.165, 1.54) is 0 Å². The Labute approximate surface area is 156 Å². The van der Waals surface area contributed by atoms with Crippen molar-refractivity contribution < 1.29 is 29.6 Å². The highest BCUT2D eigenvalue weighted by molar-refractivity contribution is 5.81. The summed E-state index contributed by atoms with van der Waals surface area (Å²) in [6, 6.07) is 0. The van der Waals surface area contributed by atoms with E-state index in [-0.39, 0.29) is 30.0 Å². The third-order valence-electron chi connectivity index (χ3n) is 6.09. The van der Waals surface area contributed by atoms with Crippen LogP contribution in [0.3, 0.4) is 0 Å². The van der Waals surface area contributed by atoms with Crippen molar-refractivity contribution in [2.75, 3.05) is 0 Å². The standard InChI is InChI=1S/C20H36O6/c1-7-17-12(4)16(22)9-15(21)10(2)8-11(3)18(23)13(5)19(24)14(6)20(25)26-17/h10-14,16-19,22-24H,7-9H2,1-6H3/t10-,11+,12-,13-,14-,16-,17-,18+,19+/m1/s1. The van der Waals surface area contributed by atoms with Gasteiger partial charge in [0.2, 0.25) is 0 Å². The molecule has 0 unspecified atom stereocenters. The van der Waals surface area contributed by atoms with E-state index in [9.17, 15) is 24.9 Å². The summed E-state index contributed by atoms with van der Waals surface area (Å²) in [5, 5.41) is 31.5. The van der Waals surface area contributed by atoms with Crippen LogP contribution in [-0.2, 0) is 14.3 Å². The fourth-order valence-electron chi connectivity index (χ4n) is 3.80. The molecule has 3 N–H and O–H groups in total. The molecule has 0 amide bonds. The average molecular weight is 373 g/mol. The Morgan fingerprint density at radius 1 is 0.962 bits per heavy atom. The van der Waals surface area contributed by atoms with Gasteiger partial charge in [0.15, 0.2) is 0 Å². The number of cyclic esters (lactones) is 1. The molecule has 1 fully saturated rings. The van der Waals surface area contributed by atoms with Gasteiger partial charge in [0.1, 0.15) is 11.9 Å². The van der Waals surface area contributed by atoms with Crippen LogP contribution in [0.15, 0.2) is 0 Å². The Kier molecular flexibility index (Phi) is 8.70. The van der Waals surface area contributed by atoms with E-state index in [2.05, 4.69) is 0 Å². The monoisotopic (exact) mass is 372 g/mol. The zero-order chi connectivity index (χ0) is 20.2. The molecule has 0 aromatic carbocycles. The molecule has 0 aliphatic carbocycles. The summed E-state index contributed by atoms with van der Waals surface area (Å²) >= 11 is 0. The number of ketones is 1. The summed E-state index contributed by atoms with van der Waals surface area (Å²) in [5.41, 5.74) is 0. The molecule has 0 saturated carbocycles. The number of hydrogen-bond donors (Lipinski definition) is 3. The predicted octanol–water partition coefficient (Wildman–Crippen LogP) is 1.93. The van der Waals surface area contributed by atoms with Gasteiger partial charge in [-0.05, 0) is 25.7 Å². The molecule has 1 aliphatic rings. The van der Waals surface area contributed by atoms with E-state index in [1.807, 2.05) is 13.8 Å². The summed E-state index contributed by atoms with van der Waals surface area (Å²) in [7, 11) is 0. The largest absolute Gasteiger partial charge is 0.462 e. The molecule has 6 heteroatoms. The highest BCUT2D eigenvalue weighted by atomic mass is 16.5. The highest BCUT2D eigenvalue weighted by Gasteiger charge is 2.37. The van der Waals surface area contributed by atoms with Gasteiger partial charge < -0.3 is 20.1 Å². The number of hydrogen-bond acceptors (Lipinski definition) is 6. The summed E-state index contributed by atoms with van der Waals surface area (Å²) in [6.45, 7) is 10.6. The maximum Gasteiger partial charge on any atom is 0.311 e. The smallest absolute Gasteiger partial charge is 0.311 e. The summed E-state index contributed by atoms with van der Waals surface area (Å²) < 4.78 is 5.53. The van der Waals surface area contributed by atoms with E-state index in [4.69, 9.17) is 4.74 Å². The van der Waals surface area contributed by atoms with Gasteiger partial charge in [0.25, 0.3) is 0 Å². The van der Waals surface area contributed by atoms with Crippen LogP contribution in [0.25, 0.3) is 0 Å². The van der Waals surface area contributed by atoms with Gasteiger partial charge in [0.05, 0.1) is 24.2 Å². The minimum absolute atomic E-state index is 0.00688. The van der Waals surface area contributed by atoms with Crippen molar-refractivity contribution in [3.8, 4) is 0 Å². The van der Waals surface area contributed by atoms with Gasteiger partial charge in [0, 0.05) is 24.2 Å². The summed E-state index contributed by atoms with van der Waals surface area (Å²) in [5.74, 6) is -2.83. The zero-order valence-electron chi connectivity index (χ0n) is 16.9. The highest BCUT2D eigenvalue weighted by Crippen LogP contribution is 2.29. The first-order valence-corrected chi connectivity index (χ1v) is 9.78. The number of aliphatic hydroxyl groups is 3. The summed E-state index contributed by atoms with van der Waals surface area (Å²) in [6.07, 6.45) is -2.34. The van der Waals surface area contributed by atoms with Crippen molar-refractivity contribution in [2.45, 2.75) is 85.2 Å². The number of aliphatic hydroxyl groups excluding tert-OH is 3. The van der Waals surface area contributed by atoms with Gasteiger partial charge >= 0.3 is 5.97 Å². The molecule has 1 heterocycles. The first-order valence-electron chi connectivity index (χ1n) is 9.78. The number of rotatable bonds is 1. The lowest BCUT2D eigenvalue weighted by Crippen LogP contribution is -2.43. The molecule has 0 radical (unpaired) electrons. The van der Waals surface area contributed by atoms with Crippen LogP contribution < -0.4 is 0 Å². The lowest BCUT2D eigenvalue weighted by Gasteiger charge is -2.34. The number of carbonyl (C=O) groups excluding carboxylic acids is 2. The van der Waals surface area contributed by atoms with Crippen LogP contribution in [-0.4, -0.2) is 51.5 Å². The molecule has 0 aromatic heterocycles. The number of carbonyl (C=O) groups is 2. The third kappa shape index (κ3) is 5.51. The van der Waals surface area contributed by atoms with Crippen LogP contribution in [0.1, 0.15) is 60.8 Å². The fourth-order valence-corrected chi connectivity index (χ4v) is 3.80. The topological polar surface area (TPSA) is 104 Å². The Hall–Kier alpha value is -0.980. The quantitative estimate of drug-likeness (QED) is 0.608. The van der Waals surface area contributed by atoms with Crippen LogP contribution >= 0.6 is 0 Å². The minimum Gasteiger partial charge on any atom is -0.462 e. The Balaban J connectivity index is 3.13.